The fourth-order valence-corrected chi connectivity index (χ4v) is 0.666. The van der Waals surface area contributed by atoms with Gasteiger partial charge in [-0.2, -0.15) is 0 Å². The van der Waals surface area contributed by atoms with E-state index in [2.05, 4.69) is 0 Å². The van der Waals surface area contributed by atoms with Gasteiger partial charge in [0.1, 0.15) is 12.2 Å². The summed E-state index contributed by atoms with van der Waals surface area (Å²) < 4.78 is 0. The number of aliphatic hydroxyl groups is 4. The first-order valence-corrected chi connectivity index (χ1v) is 3.47. The van der Waals surface area contributed by atoms with Crippen molar-refractivity contribution in [2.75, 3.05) is 0 Å². The van der Waals surface area contributed by atoms with Crippen LogP contribution in [0.5, 0.6) is 0 Å². The van der Waals surface area contributed by atoms with E-state index in [-0.39, 0.29) is 75.5 Å². The monoisotopic (exact) mass is 294 g/mol. The fraction of sp³-hybridized carbons (Fsp3) is 0.667. The zero-order chi connectivity index (χ0) is 11.5. The number of hydrogen-bond acceptors (Lipinski definition) is 6. The Morgan fingerprint density at radius 3 is 1.00 bits per heavy atom. The Morgan fingerprint density at radius 2 is 0.875 bits per heavy atom. The van der Waals surface area contributed by atoms with Crippen LogP contribution in [0.15, 0.2) is 0 Å². The fourth-order valence-electron chi connectivity index (χ4n) is 0.666. The molecular formula is C6H14Ca2O8. The molecule has 4 atom stereocenters. The van der Waals surface area contributed by atoms with Crippen molar-refractivity contribution in [2.45, 2.75) is 24.4 Å². The molecule has 0 heterocycles. The van der Waals surface area contributed by atoms with Crippen LogP contribution in [0.4, 0.5) is 0 Å². The third kappa shape index (κ3) is 6.90. The molecule has 10 heteroatoms. The number of hydrogen-bond donors (Lipinski definition) is 6. The normalized spacial score (nSPS) is 17.0. The number of rotatable bonds is 5. The van der Waals surface area contributed by atoms with E-state index in [0.717, 1.165) is 0 Å². The minimum atomic E-state index is -2.36. The summed E-state index contributed by atoms with van der Waals surface area (Å²) >= 11 is 0. The van der Waals surface area contributed by atoms with Crippen LogP contribution in [0, 0.1) is 0 Å². The van der Waals surface area contributed by atoms with Gasteiger partial charge in [-0.25, -0.2) is 9.59 Å². The van der Waals surface area contributed by atoms with Gasteiger partial charge in [-0.15, -0.1) is 0 Å². The van der Waals surface area contributed by atoms with Gasteiger partial charge in [0.2, 0.25) is 0 Å². The Labute approximate surface area is 150 Å². The summed E-state index contributed by atoms with van der Waals surface area (Å²) in [5.74, 6) is -3.68. The van der Waals surface area contributed by atoms with Crippen molar-refractivity contribution in [1.82, 2.24) is 0 Å². The average Bonchev–Trinajstić information content (AvgIpc) is 2.12. The van der Waals surface area contributed by atoms with E-state index >= 15 is 0 Å². The van der Waals surface area contributed by atoms with E-state index in [4.69, 9.17) is 30.6 Å². The second-order valence-electron chi connectivity index (χ2n) is 2.55. The van der Waals surface area contributed by atoms with Crippen molar-refractivity contribution in [3.63, 3.8) is 0 Å². The summed E-state index contributed by atoms with van der Waals surface area (Å²) in [6, 6.07) is 0. The van der Waals surface area contributed by atoms with Crippen LogP contribution < -0.4 is 0 Å². The van der Waals surface area contributed by atoms with Gasteiger partial charge in [-0.1, -0.05) is 0 Å². The Balaban J connectivity index is -0.000000845. The molecule has 0 saturated carbocycles. The summed E-state index contributed by atoms with van der Waals surface area (Å²) in [5.41, 5.74) is 0. The topological polar surface area (TPSA) is 156 Å². The Morgan fingerprint density at radius 1 is 0.688 bits per heavy atom. The van der Waals surface area contributed by atoms with Crippen molar-refractivity contribution in [1.29, 1.82) is 0 Å². The predicted molar refractivity (Wildman–Crippen MR) is 56.4 cm³/mol. The molecule has 0 bridgehead atoms. The van der Waals surface area contributed by atoms with Crippen LogP contribution >= 0.6 is 0 Å². The van der Waals surface area contributed by atoms with Gasteiger partial charge in [-0.3, -0.25) is 0 Å². The van der Waals surface area contributed by atoms with Gasteiger partial charge >= 0.3 is 87.4 Å². The number of aliphatic carboxylic acids is 2. The number of carboxylic acids is 2. The molecule has 0 spiro atoms. The van der Waals surface area contributed by atoms with Crippen molar-refractivity contribution in [3.05, 3.63) is 0 Å². The second kappa shape index (κ2) is 10.2. The predicted octanol–water partition coefficient (Wildman–Crippen LogP) is -5.23. The minimum absolute atomic E-state index is 0. The van der Waals surface area contributed by atoms with Crippen LogP contribution in [0.3, 0.4) is 0 Å². The molecule has 0 aromatic carbocycles. The Hall–Kier alpha value is 1.30. The maximum absolute atomic E-state index is 10.1. The summed E-state index contributed by atoms with van der Waals surface area (Å²) in [6.07, 6.45) is -9.28. The van der Waals surface area contributed by atoms with E-state index in [1.54, 1.807) is 0 Å². The number of aliphatic hydroxyl groups excluding tert-OH is 4. The average molecular weight is 294 g/mol. The third-order valence-electron chi connectivity index (χ3n) is 1.50. The van der Waals surface area contributed by atoms with Gasteiger partial charge in [0.05, 0.1) is 0 Å². The standard InChI is InChI=1S/C6H10O8.2Ca.4H/c7-1(3(9)5(11)12)2(8)4(10)6(13)14;;;;;;/h1-4,7-10H,(H,11,12)(H,13,14);;;;;;. The molecule has 0 aromatic heterocycles. The molecule has 4 unspecified atom stereocenters. The van der Waals surface area contributed by atoms with Gasteiger partial charge in [-0.05, 0) is 0 Å². The van der Waals surface area contributed by atoms with Gasteiger partial charge in [0.25, 0.3) is 0 Å². The van der Waals surface area contributed by atoms with Gasteiger partial charge < -0.3 is 30.6 Å². The third-order valence-corrected chi connectivity index (χ3v) is 1.50. The molecule has 0 radical (unpaired) electrons. The zero-order valence-electron chi connectivity index (χ0n) is 6.81. The van der Waals surface area contributed by atoms with Crippen LogP contribution in [0.2, 0.25) is 0 Å². The van der Waals surface area contributed by atoms with E-state index in [1.807, 2.05) is 0 Å². The molecule has 0 aliphatic carbocycles. The molecule has 0 aliphatic heterocycles. The summed E-state index contributed by atoms with van der Waals surface area (Å²) in [5, 5.41) is 51.5. The molecule has 0 amide bonds. The second-order valence-corrected chi connectivity index (χ2v) is 2.55. The molecule has 6 N–H and O–H groups in total. The van der Waals surface area contributed by atoms with Crippen molar-refractivity contribution in [3.8, 4) is 0 Å². The molecule has 0 rings (SSSR count). The molecule has 0 fully saturated rings. The summed E-state index contributed by atoms with van der Waals surface area (Å²) in [7, 11) is 0. The maximum atomic E-state index is 10.1. The van der Waals surface area contributed by atoms with Crippen molar-refractivity contribution < 1.29 is 40.2 Å². The Bertz CT molecular complexity index is 211. The molecule has 0 aliphatic rings. The van der Waals surface area contributed by atoms with E-state index in [9.17, 15) is 9.59 Å². The number of carboxylic acid groups (broad SMARTS) is 2. The molecule has 90 valence electrons. The zero-order valence-corrected chi connectivity index (χ0v) is 6.81. The molecule has 0 saturated heterocycles. The van der Waals surface area contributed by atoms with E-state index < -0.39 is 36.4 Å². The SMILES string of the molecule is O=C(O)C(O)C(O)C(O)C(O)C(=O)O.[CaH2].[CaH2]. The first-order valence-electron chi connectivity index (χ1n) is 3.47. The first-order chi connectivity index (χ1) is 6.29. The molecule has 0 aromatic rings. The van der Waals surface area contributed by atoms with Crippen molar-refractivity contribution >= 4 is 87.4 Å². The summed E-state index contributed by atoms with van der Waals surface area (Å²) in [4.78, 5) is 20.2. The van der Waals surface area contributed by atoms with Gasteiger partial charge in [0, 0.05) is 0 Å². The summed E-state index contributed by atoms with van der Waals surface area (Å²) in [6.45, 7) is 0. The van der Waals surface area contributed by atoms with Crippen LogP contribution in [-0.4, -0.2) is 142 Å². The quantitative estimate of drug-likeness (QED) is 0.275. The van der Waals surface area contributed by atoms with E-state index in [1.165, 1.54) is 0 Å². The van der Waals surface area contributed by atoms with E-state index in [0.29, 0.717) is 0 Å². The van der Waals surface area contributed by atoms with Crippen LogP contribution in [0.1, 0.15) is 0 Å². The molecule has 16 heavy (non-hydrogen) atoms. The molecule has 8 nitrogen and oxygen atoms in total. The van der Waals surface area contributed by atoms with Gasteiger partial charge in [0.15, 0.2) is 12.2 Å². The Kier molecular flexibility index (Phi) is 14.4. The molecular weight excluding hydrogens is 280 g/mol. The first kappa shape index (κ1) is 22.5. The van der Waals surface area contributed by atoms with Crippen molar-refractivity contribution in [2.24, 2.45) is 0 Å². The number of carbonyl (C=O) groups is 2. The van der Waals surface area contributed by atoms with Crippen LogP contribution in [-0.2, 0) is 9.59 Å². The van der Waals surface area contributed by atoms with Crippen LogP contribution in [0.25, 0.3) is 0 Å².